The summed E-state index contributed by atoms with van der Waals surface area (Å²) >= 11 is 0. The minimum atomic E-state index is -0.643. The summed E-state index contributed by atoms with van der Waals surface area (Å²) in [5.41, 5.74) is 7.22. The van der Waals surface area contributed by atoms with E-state index in [0.717, 1.165) is 5.75 Å². The van der Waals surface area contributed by atoms with Gasteiger partial charge < -0.3 is 21.1 Å². The Morgan fingerprint density at radius 3 is 2.30 bits per heavy atom. The Morgan fingerprint density at radius 2 is 1.70 bits per heavy atom. The molecule has 120 valence electrons. The highest BCUT2D eigenvalue weighted by Crippen LogP contribution is 2.11. The van der Waals surface area contributed by atoms with Crippen LogP contribution in [0.3, 0.4) is 0 Å². The summed E-state index contributed by atoms with van der Waals surface area (Å²) in [5, 5.41) is 5.20. The van der Waals surface area contributed by atoms with Gasteiger partial charge in [0.05, 0.1) is 6.54 Å². The lowest BCUT2D eigenvalue weighted by Crippen LogP contribution is -2.28. The fourth-order valence-corrected chi connectivity index (χ4v) is 1.92. The van der Waals surface area contributed by atoms with E-state index in [2.05, 4.69) is 10.6 Å². The van der Waals surface area contributed by atoms with Crippen LogP contribution in [0.4, 0.5) is 10.5 Å². The van der Waals surface area contributed by atoms with Gasteiger partial charge in [0.1, 0.15) is 12.4 Å². The summed E-state index contributed by atoms with van der Waals surface area (Å²) in [6, 6.07) is 13.5. The van der Waals surface area contributed by atoms with Gasteiger partial charge in [0.2, 0.25) is 0 Å². The molecule has 0 saturated carbocycles. The molecule has 6 heteroatoms. The van der Waals surface area contributed by atoms with Crippen molar-refractivity contribution in [1.29, 1.82) is 0 Å². The predicted molar refractivity (Wildman–Crippen MR) is 88.7 cm³/mol. The van der Waals surface area contributed by atoms with Crippen molar-refractivity contribution in [2.24, 2.45) is 5.73 Å². The van der Waals surface area contributed by atoms with E-state index >= 15 is 0 Å². The van der Waals surface area contributed by atoms with E-state index in [4.69, 9.17) is 10.5 Å². The highest BCUT2D eigenvalue weighted by Gasteiger charge is 2.05. The second kappa shape index (κ2) is 7.84. The number of rotatable bonds is 6. The van der Waals surface area contributed by atoms with Gasteiger partial charge >= 0.3 is 6.03 Å². The molecule has 0 radical (unpaired) electrons. The lowest BCUT2D eigenvalue weighted by molar-refractivity contribution is 0.0947. The van der Waals surface area contributed by atoms with Gasteiger partial charge in [-0.25, -0.2) is 4.79 Å². The van der Waals surface area contributed by atoms with Crippen molar-refractivity contribution in [2.45, 2.75) is 6.92 Å². The lowest BCUT2D eigenvalue weighted by atomic mass is 10.2. The quantitative estimate of drug-likeness (QED) is 0.714. The highest BCUT2D eigenvalue weighted by atomic mass is 16.5. The zero-order chi connectivity index (χ0) is 16.7. The molecular formula is C17H19N3O3. The normalized spacial score (nSPS) is 9.96. The maximum atomic E-state index is 12.0. The molecule has 0 fully saturated rings. The van der Waals surface area contributed by atoms with E-state index in [-0.39, 0.29) is 5.91 Å². The van der Waals surface area contributed by atoms with Gasteiger partial charge in [-0.05, 0) is 43.3 Å². The average Bonchev–Trinajstić information content (AvgIpc) is 2.53. The molecule has 0 unspecified atom stereocenters. The van der Waals surface area contributed by atoms with E-state index in [9.17, 15) is 9.59 Å². The fourth-order valence-electron chi connectivity index (χ4n) is 1.92. The van der Waals surface area contributed by atoms with E-state index < -0.39 is 6.03 Å². The van der Waals surface area contributed by atoms with Gasteiger partial charge in [-0.1, -0.05) is 17.7 Å². The summed E-state index contributed by atoms with van der Waals surface area (Å²) in [6.07, 6.45) is 0. The van der Waals surface area contributed by atoms with Crippen molar-refractivity contribution < 1.29 is 14.3 Å². The first-order valence-electron chi connectivity index (χ1n) is 7.19. The zero-order valence-corrected chi connectivity index (χ0v) is 12.8. The molecule has 0 spiro atoms. The monoisotopic (exact) mass is 313 g/mol. The molecular weight excluding hydrogens is 294 g/mol. The van der Waals surface area contributed by atoms with Gasteiger partial charge in [0, 0.05) is 11.3 Å². The molecule has 0 aliphatic carbocycles. The first-order chi connectivity index (χ1) is 11.0. The number of carbonyl (C=O) groups excluding carboxylic acids is 2. The molecule has 2 aromatic carbocycles. The number of ether oxygens (including phenoxy) is 1. The molecule has 2 aromatic rings. The number of urea groups is 1. The van der Waals surface area contributed by atoms with Gasteiger partial charge in [0.15, 0.2) is 0 Å². The van der Waals surface area contributed by atoms with E-state index in [1.165, 1.54) is 5.56 Å². The molecule has 6 nitrogen and oxygen atoms in total. The third-order valence-electron chi connectivity index (χ3n) is 3.09. The van der Waals surface area contributed by atoms with Crippen LogP contribution in [-0.4, -0.2) is 25.1 Å². The maximum Gasteiger partial charge on any atom is 0.316 e. The summed E-state index contributed by atoms with van der Waals surface area (Å²) in [5.74, 6) is 0.565. The second-order valence-electron chi connectivity index (χ2n) is 4.98. The molecule has 0 atom stereocenters. The van der Waals surface area contributed by atoms with Crippen LogP contribution in [0.5, 0.6) is 5.75 Å². The molecule has 0 heterocycles. The first kappa shape index (κ1) is 16.4. The Morgan fingerprint density at radius 1 is 1.04 bits per heavy atom. The van der Waals surface area contributed by atoms with Crippen LogP contribution in [0.15, 0.2) is 48.5 Å². The average molecular weight is 313 g/mol. The predicted octanol–water partition coefficient (Wildman–Crippen LogP) is 2.29. The second-order valence-corrected chi connectivity index (χ2v) is 4.98. The third kappa shape index (κ3) is 5.35. The Bertz CT molecular complexity index is 666. The number of nitrogens with two attached hydrogens (primary N) is 1. The maximum absolute atomic E-state index is 12.0. The number of anilines is 1. The van der Waals surface area contributed by atoms with Crippen LogP contribution in [0.1, 0.15) is 15.9 Å². The number of hydrogen-bond donors (Lipinski definition) is 3. The van der Waals surface area contributed by atoms with Crippen molar-refractivity contribution in [2.75, 3.05) is 18.5 Å². The molecule has 4 N–H and O–H groups in total. The lowest BCUT2D eigenvalue weighted by Gasteiger charge is -2.08. The van der Waals surface area contributed by atoms with Crippen molar-refractivity contribution in [1.82, 2.24) is 5.32 Å². The van der Waals surface area contributed by atoms with Gasteiger partial charge in [-0.15, -0.1) is 0 Å². The number of amides is 3. The van der Waals surface area contributed by atoms with Gasteiger partial charge in [-0.2, -0.15) is 0 Å². The van der Waals surface area contributed by atoms with E-state index in [1.54, 1.807) is 24.3 Å². The van der Waals surface area contributed by atoms with E-state index in [1.807, 2.05) is 31.2 Å². The minimum Gasteiger partial charge on any atom is -0.492 e. The number of hydrogen-bond acceptors (Lipinski definition) is 3. The summed E-state index contributed by atoms with van der Waals surface area (Å²) < 4.78 is 5.53. The van der Waals surface area contributed by atoms with Crippen molar-refractivity contribution in [3.05, 3.63) is 59.7 Å². The molecule has 23 heavy (non-hydrogen) atoms. The van der Waals surface area contributed by atoms with Crippen LogP contribution < -0.4 is 21.1 Å². The largest absolute Gasteiger partial charge is 0.492 e. The minimum absolute atomic E-state index is 0.205. The van der Waals surface area contributed by atoms with Crippen LogP contribution in [0.2, 0.25) is 0 Å². The van der Waals surface area contributed by atoms with Gasteiger partial charge in [-0.3, -0.25) is 4.79 Å². The number of nitrogens with one attached hydrogen (secondary N) is 2. The van der Waals surface area contributed by atoms with Gasteiger partial charge in [0.25, 0.3) is 5.91 Å². The Kier molecular flexibility index (Phi) is 5.57. The van der Waals surface area contributed by atoms with Crippen molar-refractivity contribution in [3.63, 3.8) is 0 Å². The summed E-state index contributed by atoms with van der Waals surface area (Å²) in [6.45, 7) is 2.79. The Hall–Kier alpha value is -3.02. The molecule has 0 aliphatic rings. The van der Waals surface area contributed by atoms with Crippen molar-refractivity contribution >= 4 is 17.6 Å². The standard InChI is InChI=1S/C17H19N3O3/c1-12-2-8-15(9-3-12)23-11-10-19-16(21)13-4-6-14(7-5-13)20-17(18)22/h2-9H,10-11H2,1H3,(H,19,21)(H3,18,20,22). The fraction of sp³-hybridized carbons (Fsp3) is 0.176. The summed E-state index contributed by atoms with van der Waals surface area (Å²) in [4.78, 5) is 22.7. The topological polar surface area (TPSA) is 93.4 Å². The molecule has 0 saturated heterocycles. The van der Waals surface area contributed by atoms with Crippen molar-refractivity contribution in [3.8, 4) is 5.75 Å². The molecule has 2 rings (SSSR count). The molecule has 0 aromatic heterocycles. The Balaban J connectivity index is 1.76. The number of aryl methyl sites for hydroxylation is 1. The number of carbonyl (C=O) groups is 2. The van der Waals surface area contributed by atoms with Crippen LogP contribution in [0, 0.1) is 6.92 Å². The summed E-state index contributed by atoms with van der Waals surface area (Å²) in [7, 11) is 0. The highest BCUT2D eigenvalue weighted by molar-refractivity contribution is 5.95. The smallest absolute Gasteiger partial charge is 0.316 e. The Labute approximate surface area is 134 Å². The number of primary amides is 1. The first-order valence-corrected chi connectivity index (χ1v) is 7.19. The molecule has 0 bridgehead atoms. The molecule has 3 amide bonds. The van der Waals surface area contributed by atoms with Crippen LogP contribution in [0.25, 0.3) is 0 Å². The zero-order valence-electron chi connectivity index (χ0n) is 12.8. The van der Waals surface area contributed by atoms with Crippen LogP contribution >= 0.6 is 0 Å². The SMILES string of the molecule is Cc1ccc(OCCNC(=O)c2ccc(NC(N)=O)cc2)cc1. The van der Waals surface area contributed by atoms with Crippen LogP contribution in [-0.2, 0) is 0 Å². The third-order valence-corrected chi connectivity index (χ3v) is 3.09. The number of benzene rings is 2. The van der Waals surface area contributed by atoms with E-state index in [0.29, 0.717) is 24.4 Å². The molecule has 0 aliphatic heterocycles.